The summed E-state index contributed by atoms with van der Waals surface area (Å²) in [7, 11) is 0. The number of hydrogen-bond donors (Lipinski definition) is 1. The van der Waals surface area contributed by atoms with Gasteiger partial charge in [-0.05, 0) is 31.2 Å². The van der Waals surface area contributed by atoms with Gasteiger partial charge in [0, 0.05) is 26.2 Å². The Hall–Kier alpha value is 0.500. The van der Waals surface area contributed by atoms with E-state index in [0.29, 0.717) is 0 Å². The van der Waals surface area contributed by atoms with Crippen LogP contribution in [-0.4, -0.2) is 37.6 Å². The highest BCUT2D eigenvalue weighted by atomic mass is 35.5. The molecule has 1 aliphatic heterocycles. The van der Waals surface area contributed by atoms with Gasteiger partial charge in [0.05, 0.1) is 0 Å². The van der Waals surface area contributed by atoms with Crippen LogP contribution in [-0.2, 0) is 0 Å². The highest BCUT2D eigenvalue weighted by molar-refractivity contribution is 5.85. The van der Waals surface area contributed by atoms with Gasteiger partial charge in [0.2, 0.25) is 0 Å². The monoisotopic (exact) mass is 310 g/mol. The van der Waals surface area contributed by atoms with Crippen molar-refractivity contribution in [3.8, 4) is 0 Å². The Morgan fingerprint density at radius 1 is 1.05 bits per heavy atom. The number of piperazine rings is 1. The van der Waals surface area contributed by atoms with Gasteiger partial charge in [-0.15, -0.1) is 24.8 Å². The molecule has 2 nitrogen and oxygen atoms in total. The van der Waals surface area contributed by atoms with E-state index in [0.717, 1.165) is 11.8 Å². The maximum Gasteiger partial charge on any atom is 0.0107 e. The molecule has 1 saturated carbocycles. The van der Waals surface area contributed by atoms with Crippen LogP contribution < -0.4 is 5.32 Å². The Balaban J connectivity index is 0.00000162. The first-order valence-electron chi connectivity index (χ1n) is 7.77. The third-order valence-corrected chi connectivity index (χ3v) is 4.61. The SMILES string of the molecule is CC(CCN1CCNCC1)CC1CCCCC1.Cl.Cl. The minimum atomic E-state index is 0. The van der Waals surface area contributed by atoms with Gasteiger partial charge in [-0.2, -0.15) is 0 Å². The number of nitrogens with one attached hydrogen (secondary N) is 1. The third-order valence-electron chi connectivity index (χ3n) is 4.61. The van der Waals surface area contributed by atoms with Crippen LogP contribution in [0.15, 0.2) is 0 Å². The van der Waals surface area contributed by atoms with Crippen LogP contribution in [0.2, 0.25) is 0 Å². The van der Waals surface area contributed by atoms with E-state index < -0.39 is 0 Å². The Labute approximate surface area is 131 Å². The van der Waals surface area contributed by atoms with Crippen molar-refractivity contribution in [3.63, 3.8) is 0 Å². The van der Waals surface area contributed by atoms with E-state index in [1.165, 1.54) is 77.7 Å². The van der Waals surface area contributed by atoms with Gasteiger partial charge in [0.1, 0.15) is 0 Å². The van der Waals surface area contributed by atoms with E-state index in [1.807, 2.05) is 0 Å². The quantitative estimate of drug-likeness (QED) is 0.832. The highest BCUT2D eigenvalue weighted by Gasteiger charge is 2.17. The summed E-state index contributed by atoms with van der Waals surface area (Å²) in [6, 6.07) is 0. The molecule has 4 heteroatoms. The van der Waals surface area contributed by atoms with Crippen molar-refractivity contribution >= 4 is 24.8 Å². The average molecular weight is 311 g/mol. The van der Waals surface area contributed by atoms with Crippen LogP contribution in [0.3, 0.4) is 0 Å². The van der Waals surface area contributed by atoms with Crippen molar-refractivity contribution in [3.05, 3.63) is 0 Å². The van der Waals surface area contributed by atoms with E-state index in [1.54, 1.807) is 0 Å². The van der Waals surface area contributed by atoms with Crippen molar-refractivity contribution in [1.82, 2.24) is 10.2 Å². The number of hydrogen-bond acceptors (Lipinski definition) is 2. The summed E-state index contributed by atoms with van der Waals surface area (Å²) in [5, 5.41) is 3.43. The molecule has 1 aliphatic carbocycles. The van der Waals surface area contributed by atoms with Gasteiger partial charge in [-0.3, -0.25) is 0 Å². The van der Waals surface area contributed by atoms with Gasteiger partial charge >= 0.3 is 0 Å². The smallest absolute Gasteiger partial charge is 0.0107 e. The van der Waals surface area contributed by atoms with Crippen LogP contribution >= 0.6 is 24.8 Å². The minimum absolute atomic E-state index is 0. The van der Waals surface area contributed by atoms with Crippen LogP contribution in [0.4, 0.5) is 0 Å². The molecular weight excluding hydrogens is 279 g/mol. The van der Waals surface area contributed by atoms with Crippen LogP contribution in [0.25, 0.3) is 0 Å². The van der Waals surface area contributed by atoms with Crippen LogP contribution in [0, 0.1) is 11.8 Å². The second kappa shape index (κ2) is 11.2. The summed E-state index contributed by atoms with van der Waals surface area (Å²) in [6.45, 7) is 8.70. The molecule has 2 aliphatic rings. The second-order valence-electron chi connectivity index (χ2n) is 6.23. The molecule has 2 rings (SSSR count). The Bertz CT molecular complexity index is 202. The molecule has 0 aromatic heterocycles. The number of nitrogens with zero attached hydrogens (tertiary/aromatic N) is 1. The standard InChI is InChI=1S/C15H30N2.2ClH/c1-14(13-15-5-3-2-4-6-15)7-10-17-11-8-16-9-12-17;;/h14-16H,2-13H2,1H3;2*1H. The van der Waals surface area contributed by atoms with Crippen molar-refractivity contribution in [1.29, 1.82) is 0 Å². The minimum Gasteiger partial charge on any atom is -0.314 e. The first kappa shape index (κ1) is 19.5. The van der Waals surface area contributed by atoms with Gasteiger partial charge < -0.3 is 10.2 Å². The molecule has 2 fully saturated rings. The number of halogens is 2. The normalized spacial score (nSPS) is 23.2. The van der Waals surface area contributed by atoms with E-state index in [2.05, 4.69) is 17.1 Å². The summed E-state index contributed by atoms with van der Waals surface area (Å²) in [4.78, 5) is 2.63. The second-order valence-corrected chi connectivity index (χ2v) is 6.23. The summed E-state index contributed by atoms with van der Waals surface area (Å²) in [6.07, 6.45) is 10.4. The van der Waals surface area contributed by atoms with Crippen LogP contribution in [0.5, 0.6) is 0 Å². The summed E-state index contributed by atoms with van der Waals surface area (Å²) in [5.41, 5.74) is 0. The lowest BCUT2D eigenvalue weighted by Crippen LogP contribution is -2.44. The van der Waals surface area contributed by atoms with Crippen molar-refractivity contribution in [2.24, 2.45) is 11.8 Å². The van der Waals surface area contributed by atoms with Crippen molar-refractivity contribution < 1.29 is 0 Å². The Morgan fingerprint density at radius 3 is 2.32 bits per heavy atom. The maximum atomic E-state index is 3.43. The fourth-order valence-electron chi connectivity index (χ4n) is 3.45. The van der Waals surface area contributed by atoms with E-state index >= 15 is 0 Å². The summed E-state index contributed by atoms with van der Waals surface area (Å²) in [5.74, 6) is 2.00. The molecule has 116 valence electrons. The molecule has 1 heterocycles. The average Bonchev–Trinajstić information content (AvgIpc) is 2.39. The molecule has 0 aromatic rings. The Morgan fingerprint density at radius 2 is 1.68 bits per heavy atom. The summed E-state index contributed by atoms with van der Waals surface area (Å²) < 4.78 is 0. The molecule has 19 heavy (non-hydrogen) atoms. The first-order chi connectivity index (χ1) is 8.34. The molecule has 0 radical (unpaired) electrons. The number of rotatable bonds is 5. The molecule has 0 aromatic carbocycles. The zero-order valence-electron chi connectivity index (χ0n) is 12.4. The van der Waals surface area contributed by atoms with E-state index in [-0.39, 0.29) is 24.8 Å². The highest BCUT2D eigenvalue weighted by Crippen LogP contribution is 2.29. The lowest BCUT2D eigenvalue weighted by Gasteiger charge is -2.29. The molecule has 0 spiro atoms. The van der Waals surface area contributed by atoms with E-state index in [4.69, 9.17) is 0 Å². The van der Waals surface area contributed by atoms with Gasteiger partial charge in [0.25, 0.3) is 0 Å². The molecule has 1 unspecified atom stereocenters. The fourth-order valence-corrected chi connectivity index (χ4v) is 3.45. The predicted octanol–water partition coefficient (Wildman–Crippen LogP) is 3.73. The van der Waals surface area contributed by atoms with E-state index in [9.17, 15) is 0 Å². The largest absolute Gasteiger partial charge is 0.314 e. The lowest BCUT2D eigenvalue weighted by atomic mass is 9.82. The Kier molecular flexibility index (Phi) is 11.5. The molecule has 1 N–H and O–H groups in total. The van der Waals surface area contributed by atoms with Crippen molar-refractivity contribution in [2.75, 3.05) is 32.7 Å². The molecular formula is C15H32Cl2N2. The zero-order valence-corrected chi connectivity index (χ0v) is 14.0. The summed E-state index contributed by atoms with van der Waals surface area (Å²) >= 11 is 0. The molecule has 1 saturated heterocycles. The topological polar surface area (TPSA) is 15.3 Å². The van der Waals surface area contributed by atoms with Gasteiger partial charge in [-0.1, -0.05) is 39.0 Å². The fraction of sp³-hybridized carbons (Fsp3) is 1.00. The molecule has 0 amide bonds. The third kappa shape index (κ3) is 7.75. The van der Waals surface area contributed by atoms with Crippen molar-refractivity contribution in [2.45, 2.75) is 51.9 Å². The zero-order chi connectivity index (χ0) is 11.9. The molecule has 1 atom stereocenters. The maximum absolute atomic E-state index is 3.43. The first-order valence-corrected chi connectivity index (χ1v) is 7.77. The predicted molar refractivity (Wildman–Crippen MR) is 88.8 cm³/mol. The van der Waals surface area contributed by atoms with Gasteiger partial charge in [-0.25, -0.2) is 0 Å². The van der Waals surface area contributed by atoms with Gasteiger partial charge in [0.15, 0.2) is 0 Å². The van der Waals surface area contributed by atoms with Crippen LogP contribution in [0.1, 0.15) is 51.9 Å². The molecule has 0 bridgehead atoms. The lowest BCUT2D eigenvalue weighted by molar-refractivity contribution is 0.212.